The van der Waals surface area contributed by atoms with Crippen LogP contribution in [0.3, 0.4) is 0 Å². The fraction of sp³-hybridized carbons (Fsp3) is 0.429. The van der Waals surface area contributed by atoms with Gasteiger partial charge in [0.1, 0.15) is 0 Å². The first kappa shape index (κ1) is 10.8. The molecule has 1 unspecified atom stereocenters. The van der Waals surface area contributed by atoms with Crippen molar-refractivity contribution in [2.24, 2.45) is 0 Å². The Morgan fingerprint density at radius 1 is 1.27 bits per heavy atom. The molecule has 1 aliphatic carbocycles. The van der Waals surface area contributed by atoms with Gasteiger partial charge in [0.15, 0.2) is 0 Å². The Hall–Kier alpha value is -0.750. The first-order valence-corrected chi connectivity index (χ1v) is 6.03. The van der Waals surface area contributed by atoms with E-state index in [0.717, 1.165) is 6.42 Å². The van der Waals surface area contributed by atoms with E-state index < -0.39 is 0 Å². The monoisotopic (exact) mass is 220 g/mol. The lowest BCUT2D eigenvalue weighted by atomic mass is 9.89. The van der Waals surface area contributed by atoms with Gasteiger partial charge in [-0.1, -0.05) is 24.3 Å². The predicted molar refractivity (Wildman–Crippen MR) is 67.4 cm³/mol. The van der Waals surface area contributed by atoms with E-state index in [1.54, 1.807) is 0 Å². The molecule has 0 radical (unpaired) electrons. The summed E-state index contributed by atoms with van der Waals surface area (Å²) in [7, 11) is 0. The SMILES string of the molecule is Cc1cccc(C2=CC(Cl)CCC2)c1C. The molecule has 15 heavy (non-hydrogen) atoms. The van der Waals surface area contributed by atoms with Gasteiger partial charge >= 0.3 is 0 Å². The summed E-state index contributed by atoms with van der Waals surface area (Å²) in [5.74, 6) is 0. The number of hydrogen-bond donors (Lipinski definition) is 0. The molecule has 1 atom stereocenters. The second-order valence-electron chi connectivity index (χ2n) is 4.35. The summed E-state index contributed by atoms with van der Waals surface area (Å²) in [4.78, 5) is 0. The highest BCUT2D eigenvalue weighted by molar-refractivity contribution is 6.22. The Labute approximate surface area is 97.0 Å². The lowest BCUT2D eigenvalue weighted by Crippen LogP contribution is -2.04. The van der Waals surface area contributed by atoms with Gasteiger partial charge in [0.05, 0.1) is 5.38 Å². The number of hydrogen-bond acceptors (Lipinski definition) is 0. The highest BCUT2D eigenvalue weighted by Crippen LogP contribution is 2.31. The van der Waals surface area contributed by atoms with Crippen LogP contribution in [0.25, 0.3) is 5.57 Å². The molecule has 0 fully saturated rings. The molecule has 0 N–H and O–H groups in total. The molecule has 1 aliphatic rings. The van der Waals surface area contributed by atoms with Gasteiger partial charge in [-0.05, 0) is 55.4 Å². The molecule has 1 heteroatoms. The van der Waals surface area contributed by atoms with E-state index in [4.69, 9.17) is 11.6 Å². The van der Waals surface area contributed by atoms with Crippen molar-refractivity contribution in [3.63, 3.8) is 0 Å². The number of aryl methyl sites for hydroxylation is 1. The van der Waals surface area contributed by atoms with Gasteiger partial charge in [-0.3, -0.25) is 0 Å². The molecule has 0 aliphatic heterocycles. The fourth-order valence-corrected chi connectivity index (χ4v) is 2.50. The van der Waals surface area contributed by atoms with E-state index in [-0.39, 0.29) is 5.38 Å². The number of benzene rings is 1. The maximum absolute atomic E-state index is 6.18. The van der Waals surface area contributed by atoms with E-state index >= 15 is 0 Å². The molecule has 1 aromatic rings. The standard InChI is InChI=1S/C14H17Cl/c1-10-5-3-8-14(11(10)2)12-6-4-7-13(15)9-12/h3,5,8-9,13H,4,6-7H2,1-2H3. The van der Waals surface area contributed by atoms with Gasteiger partial charge in [-0.2, -0.15) is 0 Å². The average Bonchev–Trinajstić information content (AvgIpc) is 2.22. The number of rotatable bonds is 1. The first-order valence-electron chi connectivity index (χ1n) is 5.60. The summed E-state index contributed by atoms with van der Waals surface area (Å²) in [5.41, 5.74) is 5.59. The van der Waals surface area contributed by atoms with Crippen LogP contribution >= 0.6 is 11.6 Å². The van der Waals surface area contributed by atoms with Crippen molar-refractivity contribution in [3.05, 3.63) is 41.0 Å². The first-order chi connectivity index (χ1) is 7.18. The lowest BCUT2D eigenvalue weighted by Gasteiger charge is -2.19. The quantitative estimate of drug-likeness (QED) is 0.613. The molecule has 0 nitrogen and oxygen atoms in total. The largest absolute Gasteiger partial charge is 0.118 e. The van der Waals surface area contributed by atoms with Crippen LogP contribution in [-0.2, 0) is 0 Å². The van der Waals surface area contributed by atoms with E-state index in [0.29, 0.717) is 0 Å². The Morgan fingerprint density at radius 2 is 2.07 bits per heavy atom. The molecular weight excluding hydrogens is 204 g/mol. The minimum atomic E-state index is 0.230. The Balaban J connectivity index is 2.41. The zero-order valence-electron chi connectivity index (χ0n) is 9.39. The molecule has 2 rings (SSSR count). The van der Waals surface area contributed by atoms with Gasteiger partial charge < -0.3 is 0 Å². The van der Waals surface area contributed by atoms with Crippen LogP contribution in [0.2, 0.25) is 0 Å². The van der Waals surface area contributed by atoms with Crippen LogP contribution in [0.1, 0.15) is 36.0 Å². The smallest absolute Gasteiger partial charge is 0.0522 e. The van der Waals surface area contributed by atoms with Crippen LogP contribution in [0, 0.1) is 13.8 Å². The molecule has 0 amide bonds. The van der Waals surface area contributed by atoms with Crippen LogP contribution in [-0.4, -0.2) is 5.38 Å². The second-order valence-corrected chi connectivity index (χ2v) is 4.91. The normalized spacial score (nSPS) is 21.3. The zero-order valence-corrected chi connectivity index (χ0v) is 10.1. The summed E-state index contributed by atoms with van der Waals surface area (Å²) < 4.78 is 0. The molecule has 80 valence electrons. The molecule has 0 aromatic heterocycles. The molecular formula is C14H17Cl. The highest BCUT2D eigenvalue weighted by Gasteiger charge is 2.14. The lowest BCUT2D eigenvalue weighted by molar-refractivity contribution is 0.747. The van der Waals surface area contributed by atoms with E-state index in [1.807, 2.05) is 0 Å². The summed E-state index contributed by atoms with van der Waals surface area (Å²) in [5, 5.41) is 0.230. The maximum Gasteiger partial charge on any atom is 0.0522 e. The van der Waals surface area contributed by atoms with Gasteiger partial charge in [0, 0.05) is 0 Å². The van der Waals surface area contributed by atoms with E-state index in [2.05, 4.69) is 38.1 Å². The molecule has 0 heterocycles. The Morgan fingerprint density at radius 3 is 2.80 bits per heavy atom. The van der Waals surface area contributed by atoms with E-state index in [9.17, 15) is 0 Å². The number of allylic oxidation sites excluding steroid dienone is 2. The van der Waals surface area contributed by atoms with Crippen LogP contribution < -0.4 is 0 Å². The van der Waals surface area contributed by atoms with Crippen LogP contribution in [0.15, 0.2) is 24.3 Å². The summed E-state index contributed by atoms with van der Waals surface area (Å²) in [6.45, 7) is 4.36. The van der Waals surface area contributed by atoms with Crippen molar-refractivity contribution in [1.82, 2.24) is 0 Å². The summed E-state index contributed by atoms with van der Waals surface area (Å²) in [6.07, 6.45) is 5.74. The van der Waals surface area contributed by atoms with Gasteiger partial charge in [0.25, 0.3) is 0 Å². The average molecular weight is 221 g/mol. The number of alkyl halides is 1. The Bertz CT molecular complexity index is 390. The van der Waals surface area contributed by atoms with Crippen molar-refractivity contribution in [3.8, 4) is 0 Å². The van der Waals surface area contributed by atoms with Crippen molar-refractivity contribution in [1.29, 1.82) is 0 Å². The molecule has 0 saturated carbocycles. The maximum atomic E-state index is 6.18. The van der Waals surface area contributed by atoms with Crippen molar-refractivity contribution in [2.45, 2.75) is 38.5 Å². The molecule has 1 aromatic carbocycles. The topological polar surface area (TPSA) is 0 Å². The highest BCUT2D eigenvalue weighted by atomic mass is 35.5. The van der Waals surface area contributed by atoms with Crippen molar-refractivity contribution >= 4 is 17.2 Å². The Kier molecular flexibility index (Phi) is 3.16. The van der Waals surface area contributed by atoms with Gasteiger partial charge in [0.2, 0.25) is 0 Å². The fourth-order valence-electron chi connectivity index (χ4n) is 2.20. The number of halogens is 1. The van der Waals surface area contributed by atoms with Gasteiger partial charge in [-0.25, -0.2) is 0 Å². The van der Waals surface area contributed by atoms with Crippen molar-refractivity contribution < 1.29 is 0 Å². The minimum Gasteiger partial charge on any atom is -0.118 e. The third kappa shape index (κ3) is 2.26. The van der Waals surface area contributed by atoms with Gasteiger partial charge in [-0.15, -0.1) is 11.6 Å². The third-order valence-corrected chi connectivity index (χ3v) is 3.60. The molecule has 0 bridgehead atoms. The van der Waals surface area contributed by atoms with Crippen molar-refractivity contribution in [2.75, 3.05) is 0 Å². The predicted octanol–water partition coefficient (Wildman–Crippen LogP) is 4.48. The summed E-state index contributed by atoms with van der Waals surface area (Å²) >= 11 is 6.18. The third-order valence-electron chi connectivity index (χ3n) is 3.26. The molecule has 0 saturated heterocycles. The van der Waals surface area contributed by atoms with E-state index in [1.165, 1.54) is 35.1 Å². The second kappa shape index (κ2) is 4.40. The zero-order chi connectivity index (χ0) is 10.8. The van der Waals surface area contributed by atoms with Crippen LogP contribution in [0.5, 0.6) is 0 Å². The summed E-state index contributed by atoms with van der Waals surface area (Å²) in [6, 6.07) is 6.51. The molecule has 0 spiro atoms. The minimum absolute atomic E-state index is 0.230. The van der Waals surface area contributed by atoms with Crippen LogP contribution in [0.4, 0.5) is 0 Å².